The Morgan fingerprint density at radius 3 is 2.21 bits per heavy atom. The summed E-state index contributed by atoms with van der Waals surface area (Å²) in [5.41, 5.74) is 0. The molecule has 0 heterocycles. The molecule has 0 saturated carbocycles. The van der Waals surface area contributed by atoms with Crippen molar-refractivity contribution in [2.75, 3.05) is 6.54 Å². The first-order valence-electron chi connectivity index (χ1n) is 5.96. The number of rotatable bonds is 6. The predicted molar refractivity (Wildman–Crippen MR) is 65.6 cm³/mol. The first kappa shape index (κ1) is 16.0. The van der Waals surface area contributed by atoms with E-state index >= 15 is 0 Å². The van der Waals surface area contributed by atoms with Gasteiger partial charge in [0, 0.05) is 6.54 Å². The molecule has 7 heteroatoms. The third-order valence-corrected chi connectivity index (χ3v) is 4.45. The fraction of sp³-hybridized carbons (Fsp3) is 0.500. The van der Waals surface area contributed by atoms with Crippen molar-refractivity contribution in [3.63, 3.8) is 0 Å². The Hall–Kier alpha value is -1.08. The zero-order chi connectivity index (χ0) is 14.6. The van der Waals surface area contributed by atoms with Crippen LogP contribution in [0.5, 0.6) is 0 Å². The molecule has 0 aliphatic carbocycles. The summed E-state index contributed by atoms with van der Waals surface area (Å²) < 4.78 is 65.0. The Kier molecular flexibility index (Phi) is 5.37. The van der Waals surface area contributed by atoms with E-state index in [0.29, 0.717) is 12.1 Å². The summed E-state index contributed by atoms with van der Waals surface area (Å²) in [4.78, 5) is -0.877. The van der Waals surface area contributed by atoms with Gasteiger partial charge in [-0.1, -0.05) is 26.7 Å². The SMILES string of the molecule is CCC(CC)CNS(=O)(=O)c1ccc(F)c(F)c1F. The van der Waals surface area contributed by atoms with E-state index in [1.807, 2.05) is 13.8 Å². The van der Waals surface area contributed by atoms with Crippen molar-refractivity contribution in [2.45, 2.75) is 31.6 Å². The predicted octanol–water partition coefficient (Wildman–Crippen LogP) is 2.82. The fourth-order valence-electron chi connectivity index (χ4n) is 1.60. The van der Waals surface area contributed by atoms with Gasteiger partial charge >= 0.3 is 0 Å². The van der Waals surface area contributed by atoms with Crippen LogP contribution >= 0.6 is 0 Å². The summed E-state index contributed by atoms with van der Waals surface area (Å²) in [7, 11) is -4.18. The van der Waals surface area contributed by atoms with Crippen molar-refractivity contribution in [1.82, 2.24) is 4.72 Å². The molecule has 0 saturated heterocycles. The lowest BCUT2D eigenvalue weighted by Crippen LogP contribution is -2.30. The minimum Gasteiger partial charge on any atom is -0.211 e. The minimum atomic E-state index is -4.18. The molecule has 19 heavy (non-hydrogen) atoms. The number of nitrogens with one attached hydrogen (secondary N) is 1. The third-order valence-electron chi connectivity index (χ3n) is 3.01. The molecule has 0 unspecified atom stereocenters. The minimum absolute atomic E-state index is 0.114. The molecule has 1 rings (SSSR count). The molecule has 0 amide bonds. The van der Waals surface area contributed by atoms with Gasteiger partial charge in [0.1, 0.15) is 4.90 Å². The smallest absolute Gasteiger partial charge is 0.211 e. The fourth-order valence-corrected chi connectivity index (χ4v) is 2.78. The molecular formula is C12H16F3NO2S. The summed E-state index contributed by atoms with van der Waals surface area (Å²) in [6.45, 7) is 3.94. The normalized spacial score (nSPS) is 12.1. The van der Waals surface area contributed by atoms with Crippen LogP contribution in [0.1, 0.15) is 26.7 Å². The molecule has 0 aliphatic rings. The summed E-state index contributed by atoms with van der Waals surface area (Å²) >= 11 is 0. The first-order valence-corrected chi connectivity index (χ1v) is 7.44. The average Bonchev–Trinajstić information content (AvgIpc) is 2.37. The van der Waals surface area contributed by atoms with E-state index in [9.17, 15) is 21.6 Å². The summed E-state index contributed by atoms with van der Waals surface area (Å²) in [5, 5.41) is 0. The van der Waals surface area contributed by atoms with E-state index in [1.165, 1.54) is 0 Å². The van der Waals surface area contributed by atoms with Gasteiger partial charge in [0.25, 0.3) is 0 Å². The second kappa shape index (κ2) is 6.38. The zero-order valence-corrected chi connectivity index (χ0v) is 11.5. The topological polar surface area (TPSA) is 46.2 Å². The summed E-state index contributed by atoms with van der Waals surface area (Å²) in [6.07, 6.45) is 1.53. The number of halogens is 3. The van der Waals surface area contributed by atoms with Gasteiger partial charge in [-0.3, -0.25) is 0 Å². The molecule has 0 atom stereocenters. The highest BCUT2D eigenvalue weighted by Gasteiger charge is 2.24. The third kappa shape index (κ3) is 3.70. The van der Waals surface area contributed by atoms with Gasteiger partial charge in [0.05, 0.1) is 0 Å². The van der Waals surface area contributed by atoms with E-state index in [1.54, 1.807) is 0 Å². The summed E-state index contributed by atoms with van der Waals surface area (Å²) in [6, 6.07) is 1.30. The van der Waals surface area contributed by atoms with Crippen molar-refractivity contribution in [3.8, 4) is 0 Å². The Balaban J connectivity index is 2.98. The molecule has 0 aromatic heterocycles. The van der Waals surface area contributed by atoms with Gasteiger partial charge in [-0.2, -0.15) is 0 Å². The lowest BCUT2D eigenvalue weighted by atomic mass is 10.0. The summed E-state index contributed by atoms with van der Waals surface area (Å²) in [5.74, 6) is -4.79. The molecule has 1 aromatic carbocycles. The number of benzene rings is 1. The van der Waals surface area contributed by atoms with Crippen LogP contribution in [0.4, 0.5) is 13.2 Å². The van der Waals surface area contributed by atoms with Crippen LogP contribution in [-0.2, 0) is 10.0 Å². The average molecular weight is 295 g/mol. The van der Waals surface area contributed by atoms with E-state index < -0.39 is 32.4 Å². The quantitative estimate of drug-likeness (QED) is 0.820. The Morgan fingerprint density at radius 2 is 1.68 bits per heavy atom. The molecule has 3 nitrogen and oxygen atoms in total. The van der Waals surface area contributed by atoms with Gasteiger partial charge in [0.15, 0.2) is 17.5 Å². The first-order chi connectivity index (χ1) is 8.83. The number of hydrogen-bond acceptors (Lipinski definition) is 2. The number of sulfonamides is 1. The monoisotopic (exact) mass is 295 g/mol. The zero-order valence-electron chi connectivity index (χ0n) is 10.7. The number of hydrogen-bond donors (Lipinski definition) is 1. The van der Waals surface area contributed by atoms with E-state index in [0.717, 1.165) is 12.8 Å². The molecular weight excluding hydrogens is 279 g/mol. The van der Waals surface area contributed by atoms with Crippen molar-refractivity contribution in [1.29, 1.82) is 0 Å². The van der Waals surface area contributed by atoms with Crippen LogP contribution in [0.15, 0.2) is 17.0 Å². The Morgan fingerprint density at radius 1 is 1.11 bits per heavy atom. The molecule has 0 aliphatic heterocycles. The highest BCUT2D eigenvalue weighted by molar-refractivity contribution is 7.89. The van der Waals surface area contributed by atoms with Crippen molar-refractivity contribution in [2.24, 2.45) is 5.92 Å². The highest BCUT2D eigenvalue weighted by atomic mass is 32.2. The molecule has 0 radical (unpaired) electrons. The van der Waals surface area contributed by atoms with Gasteiger partial charge in [-0.15, -0.1) is 0 Å². The Bertz CT molecular complexity index is 542. The van der Waals surface area contributed by atoms with Crippen LogP contribution in [0.25, 0.3) is 0 Å². The van der Waals surface area contributed by atoms with Gasteiger partial charge in [-0.05, 0) is 18.1 Å². The van der Waals surface area contributed by atoms with E-state index in [4.69, 9.17) is 0 Å². The molecule has 0 spiro atoms. The molecule has 1 N–H and O–H groups in total. The van der Waals surface area contributed by atoms with Gasteiger partial charge in [-0.25, -0.2) is 26.3 Å². The molecule has 0 fully saturated rings. The van der Waals surface area contributed by atoms with Crippen LogP contribution in [0, 0.1) is 23.4 Å². The van der Waals surface area contributed by atoms with E-state index in [2.05, 4.69) is 4.72 Å². The van der Waals surface area contributed by atoms with Crippen molar-refractivity contribution >= 4 is 10.0 Å². The highest BCUT2D eigenvalue weighted by Crippen LogP contribution is 2.19. The van der Waals surface area contributed by atoms with E-state index in [-0.39, 0.29) is 12.5 Å². The van der Waals surface area contributed by atoms with Crippen LogP contribution in [-0.4, -0.2) is 15.0 Å². The standard InChI is InChI=1S/C12H16F3NO2S/c1-3-8(4-2)7-16-19(17,18)10-6-5-9(13)11(14)12(10)15/h5-6,8,16H,3-4,7H2,1-2H3. The van der Waals surface area contributed by atoms with Crippen molar-refractivity contribution in [3.05, 3.63) is 29.6 Å². The Labute approximate surface area is 110 Å². The lowest BCUT2D eigenvalue weighted by molar-refractivity contribution is 0.430. The molecule has 0 bridgehead atoms. The van der Waals surface area contributed by atoms with Crippen LogP contribution in [0.3, 0.4) is 0 Å². The maximum absolute atomic E-state index is 13.4. The maximum Gasteiger partial charge on any atom is 0.243 e. The molecule has 1 aromatic rings. The van der Waals surface area contributed by atoms with Gasteiger partial charge < -0.3 is 0 Å². The van der Waals surface area contributed by atoms with Gasteiger partial charge in [0.2, 0.25) is 10.0 Å². The lowest BCUT2D eigenvalue weighted by Gasteiger charge is -2.14. The largest absolute Gasteiger partial charge is 0.243 e. The molecule has 108 valence electrons. The second-order valence-corrected chi connectivity index (χ2v) is 5.94. The van der Waals surface area contributed by atoms with Crippen molar-refractivity contribution < 1.29 is 21.6 Å². The maximum atomic E-state index is 13.4. The van der Waals surface area contributed by atoms with Crippen LogP contribution < -0.4 is 4.72 Å². The van der Waals surface area contributed by atoms with Crippen LogP contribution in [0.2, 0.25) is 0 Å². The second-order valence-electron chi connectivity index (χ2n) is 4.21.